The number of benzene rings is 1. The number of nitrogens with one attached hydrogen (secondary N) is 1. The first-order chi connectivity index (χ1) is 11.4. The normalized spacial score (nSPS) is 17.4. The van der Waals surface area contributed by atoms with Gasteiger partial charge in [0.1, 0.15) is 11.7 Å². The quantitative estimate of drug-likeness (QED) is 0.506. The van der Waals surface area contributed by atoms with Crippen LogP contribution in [0, 0.1) is 10.1 Å². The molecule has 7 heteroatoms. The van der Waals surface area contributed by atoms with Gasteiger partial charge >= 0.3 is 5.97 Å². The minimum atomic E-state index is -0.825. The molecule has 0 bridgehead atoms. The number of ether oxygens (including phenoxy) is 2. The average molecular weight is 332 g/mol. The second kappa shape index (κ2) is 7.16. The van der Waals surface area contributed by atoms with E-state index in [4.69, 9.17) is 9.47 Å². The summed E-state index contributed by atoms with van der Waals surface area (Å²) < 4.78 is 10.3. The molecule has 7 nitrogen and oxygen atoms in total. The van der Waals surface area contributed by atoms with Gasteiger partial charge in [0.25, 0.3) is 5.70 Å². The van der Waals surface area contributed by atoms with E-state index in [9.17, 15) is 14.9 Å². The van der Waals surface area contributed by atoms with E-state index < -0.39 is 16.8 Å². The zero-order valence-corrected chi connectivity index (χ0v) is 14.1. The van der Waals surface area contributed by atoms with Crippen molar-refractivity contribution in [3.63, 3.8) is 0 Å². The molecule has 1 aromatic carbocycles. The van der Waals surface area contributed by atoms with Crippen LogP contribution in [-0.4, -0.2) is 24.6 Å². The number of hydrogen-bond acceptors (Lipinski definition) is 6. The molecule has 24 heavy (non-hydrogen) atoms. The van der Waals surface area contributed by atoms with Gasteiger partial charge in [0.2, 0.25) is 0 Å². The molecule has 0 saturated carbocycles. The van der Waals surface area contributed by atoms with Gasteiger partial charge in [-0.05, 0) is 38.5 Å². The highest BCUT2D eigenvalue weighted by molar-refractivity contribution is 5.92. The maximum absolute atomic E-state index is 12.2. The molecule has 0 spiro atoms. The van der Waals surface area contributed by atoms with Crippen molar-refractivity contribution in [2.24, 2.45) is 0 Å². The van der Waals surface area contributed by atoms with E-state index in [1.54, 1.807) is 38.1 Å². The maximum Gasteiger partial charge on any atom is 0.336 e. The second-order valence-electron chi connectivity index (χ2n) is 5.36. The molecule has 0 radical (unpaired) electrons. The average Bonchev–Trinajstić information content (AvgIpc) is 2.53. The molecule has 0 aromatic heterocycles. The number of dihydropyridines is 1. The number of allylic oxidation sites excluding steroid dienone is 3. The van der Waals surface area contributed by atoms with Crippen LogP contribution < -0.4 is 10.1 Å². The first-order valence-corrected chi connectivity index (χ1v) is 7.54. The maximum atomic E-state index is 12.2. The molecule has 1 aliphatic heterocycles. The highest BCUT2D eigenvalue weighted by Gasteiger charge is 2.40. The molecule has 0 fully saturated rings. The van der Waals surface area contributed by atoms with Crippen LogP contribution in [0.3, 0.4) is 0 Å². The third-order valence-corrected chi connectivity index (χ3v) is 3.83. The highest BCUT2D eigenvalue weighted by atomic mass is 16.6. The highest BCUT2D eigenvalue weighted by Crippen LogP contribution is 2.39. The van der Waals surface area contributed by atoms with Crippen LogP contribution in [0.4, 0.5) is 0 Å². The lowest BCUT2D eigenvalue weighted by Gasteiger charge is -2.26. The Balaban J connectivity index is 2.65. The monoisotopic (exact) mass is 332 g/mol. The fraction of sp³-hybridized carbons (Fsp3) is 0.353. The summed E-state index contributed by atoms with van der Waals surface area (Å²) in [6, 6.07) is 6.97. The molecule has 1 N–H and O–H groups in total. The van der Waals surface area contributed by atoms with E-state index in [0.29, 0.717) is 29.3 Å². The van der Waals surface area contributed by atoms with Crippen molar-refractivity contribution >= 4 is 5.97 Å². The second-order valence-corrected chi connectivity index (χ2v) is 5.36. The Morgan fingerprint density at radius 1 is 1.33 bits per heavy atom. The SMILES string of the molecule is CCOc1cccc(C2C(C(=O)OC)=C(C)NC(C)=C2[N+](=O)[O-])c1. The van der Waals surface area contributed by atoms with Crippen LogP contribution in [0.15, 0.2) is 46.9 Å². The Hall–Kier alpha value is -2.83. The van der Waals surface area contributed by atoms with Gasteiger partial charge < -0.3 is 14.8 Å². The van der Waals surface area contributed by atoms with Crippen molar-refractivity contribution < 1.29 is 19.2 Å². The predicted octanol–water partition coefficient (Wildman–Crippen LogP) is 2.73. The van der Waals surface area contributed by atoms with Crippen molar-refractivity contribution in [1.82, 2.24) is 5.32 Å². The Kier molecular flexibility index (Phi) is 5.23. The van der Waals surface area contributed by atoms with Crippen LogP contribution in [0.25, 0.3) is 0 Å². The molecular weight excluding hydrogens is 312 g/mol. The van der Waals surface area contributed by atoms with Gasteiger partial charge in [-0.1, -0.05) is 12.1 Å². The summed E-state index contributed by atoms with van der Waals surface area (Å²) in [5, 5.41) is 14.5. The van der Waals surface area contributed by atoms with Crippen molar-refractivity contribution in [2.45, 2.75) is 26.7 Å². The van der Waals surface area contributed by atoms with Crippen molar-refractivity contribution in [2.75, 3.05) is 13.7 Å². The van der Waals surface area contributed by atoms with Crippen molar-refractivity contribution in [3.05, 3.63) is 62.6 Å². The lowest BCUT2D eigenvalue weighted by molar-refractivity contribution is -0.431. The molecule has 1 heterocycles. The fourth-order valence-corrected chi connectivity index (χ4v) is 2.88. The lowest BCUT2D eigenvalue weighted by atomic mass is 9.84. The topological polar surface area (TPSA) is 90.7 Å². The molecule has 2 rings (SSSR count). The number of esters is 1. The third-order valence-electron chi connectivity index (χ3n) is 3.83. The predicted molar refractivity (Wildman–Crippen MR) is 87.9 cm³/mol. The van der Waals surface area contributed by atoms with E-state index in [-0.39, 0.29) is 11.3 Å². The van der Waals surface area contributed by atoms with E-state index in [0.717, 1.165) is 0 Å². The zero-order valence-electron chi connectivity index (χ0n) is 14.1. The number of carbonyl (C=O) groups is 1. The lowest BCUT2D eigenvalue weighted by Crippen LogP contribution is -2.31. The molecular formula is C17H20N2O5. The minimum absolute atomic E-state index is 0.0744. The molecule has 1 aromatic rings. The van der Waals surface area contributed by atoms with Crippen LogP contribution in [0.2, 0.25) is 0 Å². The number of carbonyl (C=O) groups excluding carboxylic acids is 1. The fourth-order valence-electron chi connectivity index (χ4n) is 2.88. The standard InChI is InChI=1S/C17H20N2O5/c1-5-24-13-8-6-7-12(9-13)15-14(17(20)23-4)10(2)18-11(3)16(15)19(21)22/h6-9,15,18H,5H2,1-4H3. The van der Waals surface area contributed by atoms with Gasteiger partial charge in [0.15, 0.2) is 0 Å². The molecule has 0 saturated heterocycles. The number of rotatable bonds is 5. The van der Waals surface area contributed by atoms with Gasteiger partial charge in [-0.3, -0.25) is 10.1 Å². The largest absolute Gasteiger partial charge is 0.494 e. The summed E-state index contributed by atoms with van der Waals surface area (Å²) >= 11 is 0. The van der Waals surface area contributed by atoms with E-state index in [1.165, 1.54) is 7.11 Å². The molecule has 1 atom stereocenters. The van der Waals surface area contributed by atoms with Gasteiger partial charge in [-0.2, -0.15) is 0 Å². The number of nitrogens with zero attached hydrogens (tertiary/aromatic N) is 1. The Labute approximate surface area is 140 Å². The summed E-state index contributed by atoms with van der Waals surface area (Å²) in [6.45, 7) is 5.65. The Bertz CT molecular complexity index is 736. The Morgan fingerprint density at radius 3 is 2.62 bits per heavy atom. The molecule has 0 aliphatic carbocycles. The van der Waals surface area contributed by atoms with Crippen LogP contribution in [0.5, 0.6) is 5.75 Å². The molecule has 1 unspecified atom stereocenters. The van der Waals surface area contributed by atoms with Gasteiger partial charge in [-0.25, -0.2) is 4.79 Å². The van der Waals surface area contributed by atoms with Crippen molar-refractivity contribution in [3.8, 4) is 5.75 Å². The van der Waals surface area contributed by atoms with Gasteiger partial charge in [-0.15, -0.1) is 0 Å². The van der Waals surface area contributed by atoms with Crippen LogP contribution in [-0.2, 0) is 9.53 Å². The summed E-state index contributed by atoms with van der Waals surface area (Å²) in [7, 11) is 1.26. The van der Waals surface area contributed by atoms with Crippen LogP contribution in [0.1, 0.15) is 32.3 Å². The summed E-state index contributed by atoms with van der Waals surface area (Å²) in [4.78, 5) is 23.4. The van der Waals surface area contributed by atoms with E-state index in [1.807, 2.05) is 6.92 Å². The summed E-state index contributed by atoms with van der Waals surface area (Å²) in [5.74, 6) is -0.830. The summed E-state index contributed by atoms with van der Waals surface area (Å²) in [6.07, 6.45) is 0. The number of nitro groups is 1. The third kappa shape index (κ3) is 3.24. The smallest absolute Gasteiger partial charge is 0.336 e. The first kappa shape index (κ1) is 17.5. The molecule has 0 amide bonds. The molecule has 128 valence electrons. The number of hydrogen-bond donors (Lipinski definition) is 1. The van der Waals surface area contributed by atoms with E-state index in [2.05, 4.69) is 5.32 Å². The first-order valence-electron chi connectivity index (χ1n) is 7.54. The van der Waals surface area contributed by atoms with E-state index >= 15 is 0 Å². The Morgan fingerprint density at radius 2 is 2.04 bits per heavy atom. The van der Waals surface area contributed by atoms with Gasteiger partial charge in [0.05, 0.1) is 29.9 Å². The number of methoxy groups -OCH3 is 1. The molecule has 1 aliphatic rings. The van der Waals surface area contributed by atoms with Crippen molar-refractivity contribution in [1.29, 1.82) is 0 Å². The summed E-state index contributed by atoms with van der Waals surface area (Å²) in [5.41, 5.74) is 1.69. The zero-order chi connectivity index (χ0) is 17.9. The van der Waals surface area contributed by atoms with Gasteiger partial charge in [0, 0.05) is 5.70 Å². The minimum Gasteiger partial charge on any atom is -0.494 e. The van der Waals surface area contributed by atoms with Crippen LogP contribution >= 0.6 is 0 Å².